The van der Waals surface area contributed by atoms with E-state index < -0.39 is 58.0 Å². The van der Waals surface area contributed by atoms with Crippen LogP contribution in [-0.4, -0.2) is 108 Å². The number of Topliss-reactive ketones (excluding diaryl/α,β-unsaturated/α-hetero) is 2. The molecule has 11 heteroatoms. The Balaban J connectivity index is 1.89. The van der Waals surface area contributed by atoms with Gasteiger partial charge in [0.2, 0.25) is 5.78 Å². The van der Waals surface area contributed by atoms with Gasteiger partial charge in [0.15, 0.2) is 11.4 Å². The van der Waals surface area contributed by atoms with Crippen molar-refractivity contribution in [3.63, 3.8) is 0 Å². The summed E-state index contributed by atoms with van der Waals surface area (Å²) in [5.74, 6) is -6.13. The number of aromatic hydroxyl groups is 1. The number of hydrogen-bond acceptors (Lipinski definition) is 10. The number of aliphatic hydroxyl groups is 3. The summed E-state index contributed by atoms with van der Waals surface area (Å²) in [5.41, 5.74) is 3.61. The Hall–Kier alpha value is -3.67. The van der Waals surface area contributed by atoms with Crippen LogP contribution in [-0.2, 0) is 20.8 Å². The van der Waals surface area contributed by atoms with Gasteiger partial charge in [0.05, 0.1) is 11.6 Å². The molecule has 6 N–H and O–H groups in total. The van der Waals surface area contributed by atoms with E-state index in [0.29, 0.717) is 23.6 Å². The van der Waals surface area contributed by atoms with Gasteiger partial charge in [-0.25, -0.2) is 0 Å². The van der Waals surface area contributed by atoms with Gasteiger partial charge in [-0.1, -0.05) is 26.0 Å². The summed E-state index contributed by atoms with van der Waals surface area (Å²) in [4.78, 5) is 45.0. The first-order valence-electron chi connectivity index (χ1n) is 14.1. The number of ketones is 2. The summed E-state index contributed by atoms with van der Waals surface area (Å²) in [7, 11) is 8.83. The summed E-state index contributed by atoms with van der Waals surface area (Å²) in [6.45, 7) is 5.78. The molecule has 3 aliphatic carbocycles. The quantitative estimate of drug-likeness (QED) is 0.284. The Labute approximate surface area is 246 Å². The maximum Gasteiger partial charge on any atom is 0.255 e. The first kappa shape index (κ1) is 31.3. The Morgan fingerprint density at radius 3 is 2.33 bits per heavy atom. The average Bonchev–Trinajstić information content (AvgIpc) is 2.86. The maximum atomic E-state index is 14.1. The molecule has 1 amide bonds. The Morgan fingerprint density at radius 1 is 1.14 bits per heavy atom. The number of nitrogens with two attached hydrogens (primary N) is 1. The van der Waals surface area contributed by atoms with Crippen molar-refractivity contribution in [2.75, 3.05) is 53.2 Å². The van der Waals surface area contributed by atoms with Gasteiger partial charge in [-0.3, -0.25) is 19.3 Å². The minimum Gasteiger partial charge on any atom is -0.508 e. The van der Waals surface area contributed by atoms with Crippen molar-refractivity contribution in [3.8, 4) is 5.75 Å². The predicted octanol–water partition coefficient (Wildman–Crippen LogP) is 1.63. The number of rotatable bonds is 8. The lowest BCUT2D eigenvalue weighted by molar-refractivity contribution is -0.153. The molecule has 4 rings (SSSR count). The Bertz CT molecular complexity index is 1420. The number of carbonyl (C=O) groups excluding carboxylic acids is 3. The minimum atomic E-state index is -2.66. The largest absolute Gasteiger partial charge is 0.508 e. The van der Waals surface area contributed by atoms with Gasteiger partial charge < -0.3 is 36.0 Å². The highest BCUT2D eigenvalue weighted by Gasteiger charge is 2.64. The molecular formula is C31H42N4O7. The van der Waals surface area contributed by atoms with E-state index in [0.717, 1.165) is 12.2 Å². The number of nitrogens with zero attached hydrogens (tertiary/aromatic N) is 3. The zero-order valence-electron chi connectivity index (χ0n) is 25.3. The second-order valence-corrected chi connectivity index (χ2v) is 12.6. The van der Waals surface area contributed by atoms with Crippen LogP contribution in [0.4, 0.5) is 5.69 Å². The van der Waals surface area contributed by atoms with Crippen molar-refractivity contribution in [2.45, 2.75) is 38.3 Å². The smallest absolute Gasteiger partial charge is 0.255 e. The lowest BCUT2D eigenvalue weighted by atomic mass is 9.57. The van der Waals surface area contributed by atoms with Crippen LogP contribution in [0.3, 0.4) is 0 Å². The van der Waals surface area contributed by atoms with Crippen molar-refractivity contribution in [2.24, 2.45) is 23.5 Å². The van der Waals surface area contributed by atoms with E-state index in [9.17, 15) is 34.8 Å². The number of phenolic OH excluding ortho intramolecular Hbond substituents is 1. The van der Waals surface area contributed by atoms with E-state index in [1.54, 1.807) is 20.2 Å². The summed E-state index contributed by atoms with van der Waals surface area (Å²) in [6, 6.07) is 0.706. The molecule has 0 radical (unpaired) electrons. The minimum absolute atomic E-state index is 0.0449. The van der Waals surface area contributed by atoms with Crippen LogP contribution >= 0.6 is 0 Å². The lowest BCUT2D eigenvalue weighted by Gasteiger charge is -2.50. The number of amides is 1. The van der Waals surface area contributed by atoms with Crippen LogP contribution in [0.2, 0.25) is 0 Å². The van der Waals surface area contributed by atoms with Gasteiger partial charge in [-0.05, 0) is 57.5 Å². The highest BCUT2D eigenvalue weighted by Crippen LogP contribution is 2.54. The van der Waals surface area contributed by atoms with Gasteiger partial charge >= 0.3 is 0 Å². The second-order valence-electron chi connectivity index (χ2n) is 12.6. The highest BCUT2D eigenvalue weighted by molar-refractivity contribution is 6.24. The molecule has 42 heavy (non-hydrogen) atoms. The van der Waals surface area contributed by atoms with Crippen molar-refractivity contribution < 1.29 is 34.8 Å². The zero-order valence-corrected chi connectivity index (χ0v) is 25.3. The van der Waals surface area contributed by atoms with E-state index in [1.807, 2.05) is 38.2 Å². The van der Waals surface area contributed by atoms with E-state index in [4.69, 9.17) is 5.73 Å². The highest BCUT2D eigenvalue weighted by atomic mass is 16.3. The third-order valence-corrected chi connectivity index (χ3v) is 8.60. The molecule has 0 bridgehead atoms. The van der Waals surface area contributed by atoms with Crippen LogP contribution in [0.1, 0.15) is 37.0 Å². The summed E-state index contributed by atoms with van der Waals surface area (Å²) in [5, 5.41) is 45.8. The first-order chi connectivity index (χ1) is 19.5. The monoisotopic (exact) mass is 582 g/mol. The van der Waals surface area contributed by atoms with Gasteiger partial charge in [-0.2, -0.15) is 0 Å². The van der Waals surface area contributed by atoms with E-state index in [2.05, 4.69) is 18.7 Å². The number of aliphatic hydroxyl groups excluding tert-OH is 2. The molecule has 0 aromatic heterocycles. The molecule has 1 saturated carbocycles. The molecule has 1 aromatic rings. The number of anilines is 1. The fourth-order valence-electron chi connectivity index (χ4n) is 6.90. The normalized spacial score (nSPS) is 25.9. The van der Waals surface area contributed by atoms with Crippen molar-refractivity contribution in [1.82, 2.24) is 9.80 Å². The van der Waals surface area contributed by atoms with E-state index >= 15 is 0 Å². The third-order valence-electron chi connectivity index (χ3n) is 8.60. The van der Waals surface area contributed by atoms with Crippen molar-refractivity contribution in [1.29, 1.82) is 0 Å². The van der Waals surface area contributed by atoms with Crippen molar-refractivity contribution >= 4 is 35.0 Å². The van der Waals surface area contributed by atoms with Gasteiger partial charge in [0.25, 0.3) is 5.91 Å². The number of fused-ring (bicyclic) bond motifs is 3. The topological polar surface area (TPSA) is 168 Å². The number of phenols is 1. The van der Waals surface area contributed by atoms with Crippen LogP contribution < -0.4 is 10.6 Å². The fourth-order valence-corrected chi connectivity index (χ4v) is 6.90. The number of carbonyl (C=O) groups is 3. The zero-order chi connectivity index (χ0) is 31.4. The molecule has 228 valence electrons. The molecule has 1 fully saturated rings. The lowest BCUT2D eigenvalue weighted by Crippen LogP contribution is -2.65. The van der Waals surface area contributed by atoms with Crippen LogP contribution in [0.15, 0.2) is 29.0 Å². The van der Waals surface area contributed by atoms with Gasteiger partial charge in [-0.15, -0.1) is 0 Å². The first-order valence-corrected chi connectivity index (χ1v) is 14.1. The molecular weight excluding hydrogens is 540 g/mol. The van der Waals surface area contributed by atoms with Crippen LogP contribution in [0.5, 0.6) is 5.75 Å². The summed E-state index contributed by atoms with van der Waals surface area (Å²) >= 11 is 0. The number of hydrogen-bond donors (Lipinski definition) is 5. The molecule has 0 spiro atoms. The molecule has 4 atom stereocenters. The van der Waals surface area contributed by atoms with Crippen LogP contribution in [0, 0.1) is 17.8 Å². The van der Waals surface area contributed by atoms with Crippen LogP contribution in [0.25, 0.3) is 11.8 Å². The van der Waals surface area contributed by atoms with Gasteiger partial charge in [0, 0.05) is 49.9 Å². The molecule has 0 heterocycles. The predicted molar refractivity (Wildman–Crippen MR) is 160 cm³/mol. The number of benzene rings is 1. The molecule has 0 saturated heterocycles. The third kappa shape index (κ3) is 4.89. The summed E-state index contributed by atoms with van der Waals surface area (Å²) < 4.78 is 0. The number of primary amides is 1. The molecule has 0 aliphatic heterocycles. The Kier molecular flexibility index (Phi) is 8.34. The molecule has 11 nitrogen and oxygen atoms in total. The average molecular weight is 583 g/mol. The maximum absolute atomic E-state index is 14.1. The van der Waals surface area contributed by atoms with E-state index in [1.165, 1.54) is 4.90 Å². The summed E-state index contributed by atoms with van der Waals surface area (Å²) in [6.07, 6.45) is 3.95. The molecule has 0 unspecified atom stereocenters. The second kappa shape index (κ2) is 11.2. The molecule has 3 aliphatic rings. The van der Waals surface area contributed by atoms with Crippen molar-refractivity contribution in [3.05, 3.63) is 45.7 Å². The molecule has 1 aromatic carbocycles. The SMILES string of the molecule is CC(C)CN(C)C/C=C/c1cc(N(C)C)c2c(c1O)C(O)=C1C(=O)[C@]3(O)C(O)=C(C(N)=O)C(=O)[C@@H](N(C)C)[C@@H]3C[C@@H]1C2. The van der Waals surface area contributed by atoms with E-state index in [-0.39, 0.29) is 29.7 Å². The Morgan fingerprint density at radius 2 is 1.79 bits per heavy atom. The standard InChI is InChI=1S/C31H42N4O7/c1-15(2)14-35(7)10-8-9-16-13-20(33(3)4)18-11-17-12-19-24(34(5)6)27(38)23(30(32)41)29(40)31(19,42)28(39)21(17)26(37)22(18)25(16)36/h8-9,13,15,17,19,24,36-37,40,42H,10-12,14H2,1-7H3,(H2,32,41)/b9-8+/t17-,19-,24-,31-/m0/s1. The van der Waals surface area contributed by atoms with Gasteiger partial charge in [0.1, 0.15) is 22.8 Å². The fraction of sp³-hybridized carbons (Fsp3) is 0.516. The number of likely N-dealkylation sites (N-methyl/N-ethyl adjacent to an activating group) is 2.